The molecule has 1 aromatic carbocycles. The molecule has 1 nitrogen and oxygen atoms in total. The number of Topliss-reactive ketones (excluding diaryl/α,β-unsaturated/α-hetero) is 1. The summed E-state index contributed by atoms with van der Waals surface area (Å²) in [5, 5.41) is 0. The topological polar surface area (TPSA) is 17.1 Å². The first-order chi connectivity index (χ1) is 8.20. The fourth-order valence-corrected chi connectivity index (χ4v) is 2.71. The van der Waals surface area contributed by atoms with Crippen molar-refractivity contribution in [3.05, 3.63) is 35.6 Å². The molecular weight excluding hydrogens is 215 g/mol. The van der Waals surface area contributed by atoms with E-state index in [0.717, 1.165) is 25.7 Å². The van der Waals surface area contributed by atoms with Gasteiger partial charge in [-0.15, -0.1) is 0 Å². The lowest BCUT2D eigenvalue weighted by Gasteiger charge is -2.09. The van der Waals surface area contributed by atoms with Crippen LogP contribution in [0.15, 0.2) is 24.3 Å². The SMILES string of the molecule is CCC1CCC(C(=O)Cc2ccccc2F)C1. The molecular formula is C15H19FO. The Morgan fingerprint density at radius 2 is 2.12 bits per heavy atom. The van der Waals surface area contributed by atoms with Gasteiger partial charge in [-0.1, -0.05) is 31.5 Å². The van der Waals surface area contributed by atoms with Gasteiger partial charge in [-0.25, -0.2) is 4.39 Å². The molecule has 0 bridgehead atoms. The van der Waals surface area contributed by atoms with Crippen molar-refractivity contribution >= 4 is 5.78 Å². The van der Waals surface area contributed by atoms with Crippen molar-refractivity contribution in [3.8, 4) is 0 Å². The lowest BCUT2D eigenvalue weighted by Crippen LogP contribution is -2.14. The van der Waals surface area contributed by atoms with Crippen LogP contribution in [-0.4, -0.2) is 5.78 Å². The molecule has 0 amide bonds. The van der Waals surface area contributed by atoms with Crippen molar-refractivity contribution < 1.29 is 9.18 Å². The summed E-state index contributed by atoms with van der Waals surface area (Å²) >= 11 is 0. The number of benzene rings is 1. The molecule has 92 valence electrons. The van der Waals surface area contributed by atoms with Gasteiger partial charge in [-0.3, -0.25) is 4.79 Å². The van der Waals surface area contributed by atoms with Gasteiger partial charge in [0.25, 0.3) is 0 Å². The molecule has 2 unspecified atom stereocenters. The van der Waals surface area contributed by atoms with Crippen molar-refractivity contribution in [1.82, 2.24) is 0 Å². The third-order valence-electron chi connectivity index (χ3n) is 3.90. The molecule has 1 saturated carbocycles. The van der Waals surface area contributed by atoms with E-state index in [0.29, 0.717) is 11.5 Å². The minimum absolute atomic E-state index is 0.166. The number of carbonyl (C=O) groups excluding carboxylic acids is 1. The van der Waals surface area contributed by atoms with Crippen LogP contribution < -0.4 is 0 Å². The summed E-state index contributed by atoms with van der Waals surface area (Å²) in [6, 6.07) is 6.58. The molecule has 0 N–H and O–H groups in total. The van der Waals surface area contributed by atoms with Crippen molar-refractivity contribution in [2.75, 3.05) is 0 Å². The molecule has 0 saturated heterocycles. The summed E-state index contributed by atoms with van der Waals surface area (Å²) in [7, 11) is 0. The van der Waals surface area contributed by atoms with E-state index in [4.69, 9.17) is 0 Å². The molecule has 0 heterocycles. The summed E-state index contributed by atoms with van der Waals surface area (Å²) < 4.78 is 13.4. The Labute approximate surface area is 102 Å². The molecule has 17 heavy (non-hydrogen) atoms. The quantitative estimate of drug-likeness (QED) is 0.775. The average Bonchev–Trinajstić information content (AvgIpc) is 2.81. The van der Waals surface area contributed by atoms with Crippen LogP contribution in [0.1, 0.15) is 38.2 Å². The Bertz CT molecular complexity index is 400. The number of hydrogen-bond donors (Lipinski definition) is 0. The van der Waals surface area contributed by atoms with E-state index in [9.17, 15) is 9.18 Å². The largest absolute Gasteiger partial charge is 0.299 e. The van der Waals surface area contributed by atoms with Crippen LogP contribution in [0, 0.1) is 17.7 Å². The van der Waals surface area contributed by atoms with Crippen molar-refractivity contribution in [3.63, 3.8) is 0 Å². The van der Waals surface area contributed by atoms with Gasteiger partial charge in [0.05, 0.1) is 0 Å². The van der Waals surface area contributed by atoms with Gasteiger partial charge in [-0.2, -0.15) is 0 Å². The van der Waals surface area contributed by atoms with Crippen LogP contribution in [0.4, 0.5) is 4.39 Å². The zero-order valence-corrected chi connectivity index (χ0v) is 10.3. The minimum atomic E-state index is -0.258. The van der Waals surface area contributed by atoms with Crippen LogP contribution in [0.5, 0.6) is 0 Å². The highest BCUT2D eigenvalue weighted by Gasteiger charge is 2.28. The van der Waals surface area contributed by atoms with Crippen LogP contribution in [0.3, 0.4) is 0 Å². The third kappa shape index (κ3) is 2.93. The number of rotatable bonds is 4. The number of halogens is 1. The maximum absolute atomic E-state index is 13.4. The molecule has 0 spiro atoms. The zero-order chi connectivity index (χ0) is 12.3. The van der Waals surface area contributed by atoms with E-state index in [1.54, 1.807) is 18.2 Å². The van der Waals surface area contributed by atoms with E-state index in [1.165, 1.54) is 6.07 Å². The first kappa shape index (κ1) is 12.3. The average molecular weight is 234 g/mol. The second kappa shape index (κ2) is 5.44. The summed E-state index contributed by atoms with van der Waals surface area (Å²) in [6.07, 6.45) is 4.57. The standard InChI is InChI=1S/C15H19FO/c1-2-11-7-8-13(9-11)15(17)10-12-5-3-4-6-14(12)16/h3-6,11,13H,2,7-10H2,1H3. The first-order valence-corrected chi connectivity index (χ1v) is 6.46. The molecule has 0 radical (unpaired) electrons. The molecule has 1 fully saturated rings. The molecule has 1 aromatic rings. The molecule has 2 rings (SSSR count). The maximum atomic E-state index is 13.4. The summed E-state index contributed by atoms with van der Waals surface area (Å²) in [5.74, 6) is 0.820. The van der Waals surface area contributed by atoms with Gasteiger partial charge in [0.2, 0.25) is 0 Å². The normalized spacial score (nSPS) is 23.9. The fourth-order valence-electron chi connectivity index (χ4n) is 2.71. The van der Waals surface area contributed by atoms with E-state index < -0.39 is 0 Å². The molecule has 0 aliphatic heterocycles. The smallest absolute Gasteiger partial charge is 0.140 e. The number of hydrogen-bond acceptors (Lipinski definition) is 1. The second-order valence-corrected chi connectivity index (χ2v) is 5.02. The highest BCUT2D eigenvalue weighted by atomic mass is 19.1. The number of ketones is 1. The monoisotopic (exact) mass is 234 g/mol. The van der Waals surface area contributed by atoms with Gasteiger partial charge in [0.1, 0.15) is 11.6 Å². The molecule has 1 aliphatic rings. The Morgan fingerprint density at radius 1 is 1.35 bits per heavy atom. The van der Waals surface area contributed by atoms with Gasteiger partial charge in [0.15, 0.2) is 0 Å². The highest BCUT2D eigenvalue weighted by Crippen LogP contribution is 2.34. The van der Waals surface area contributed by atoms with Crippen molar-refractivity contribution in [1.29, 1.82) is 0 Å². The van der Waals surface area contributed by atoms with Gasteiger partial charge in [0, 0.05) is 12.3 Å². The summed E-state index contributed by atoms with van der Waals surface area (Å²) in [6.45, 7) is 2.17. The van der Waals surface area contributed by atoms with Crippen molar-refractivity contribution in [2.24, 2.45) is 11.8 Å². The van der Waals surface area contributed by atoms with E-state index in [-0.39, 0.29) is 23.9 Å². The Morgan fingerprint density at radius 3 is 2.76 bits per heavy atom. The predicted molar refractivity (Wildman–Crippen MR) is 66.2 cm³/mol. The van der Waals surface area contributed by atoms with Crippen LogP contribution in [-0.2, 0) is 11.2 Å². The lowest BCUT2D eigenvalue weighted by atomic mass is 9.95. The van der Waals surface area contributed by atoms with Crippen molar-refractivity contribution in [2.45, 2.75) is 39.0 Å². The van der Waals surface area contributed by atoms with E-state index >= 15 is 0 Å². The fraction of sp³-hybridized carbons (Fsp3) is 0.533. The van der Waals surface area contributed by atoms with Crippen LogP contribution >= 0.6 is 0 Å². The van der Waals surface area contributed by atoms with Gasteiger partial charge < -0.3 is 0 Å². The molecule has 2 heteroatoms. The molecule has 0 aromatic heterocycles. The zero-order valence-electron chi connectivity index (χ0n) is 10.3. The van der Waals surface area contributed by atoms with E-state index in [1.807, 2.05) is 0 Å². The minimum Gasteiger partial charge on any atom is -0.299 e. The molecule has 1 aliphatic carbocycles. The Kier molecular flexibility index (Phi) is 3.93. The van der Waals surface area contributed by atoms with Crippen LogP contribution in [0.25, 0.3) is 0 Å². The summed E-state index contributed by atoms with van der Waals surface area (Å²) in [5.41, 5.74) is 0.539. The predicted octanol–water partition coefficient (Wildman–Crippen LogP) is 3.76. The van der Waals surface area contributed by atoms with Gasteiger partial charge in [-0.05, 0) is 36.8 Å². The Hall–Kier alpha value is -1.18. The Balaban J connectivity index is 1.96. The maximum Gasteiger partial charge on any atom is 0.140 e. The molecule has 2 atom stereocenters. The third-order valence-corrected chi connectivity index (χ3v) is 3.90. The number of carbonyl (C=O) groups is 1. The lowest BCUT2D eigenvalue weighted by molar-refractivity contribution is -0.122. The van der Waals surface area contributed by atoms with E-state index in [2.05, 4.69) is 6.92 Å². The van der Waals surface area contributed by atoms with Crippen LogP contribution in [0.2, 0.25) is 0 Å². The highest BCUT2D eigenvalue weighted by molar-refractivity contribution is 5.83. The summed E-state index contributed by atoms with van der Waals surface area (Å²) in [4.78, 5) is 12.1. The first-order valence-electron chi connectivity index (χ1n) is 6.46. The van der Waals surface area contributed by atoms with Gasteiger partial charge >= 0.3 is 0 Å². The second-order valence-electron chi connectivity index (χ2n) is 5.02.